The predicted octanol–water partition coefficient (Wildman–Crippen LogP) is 2.30. The molecule has 0 aromatic heterocycles. The van der Waals surface area contributed by atoms with Crippen molar-refractivity contribution in [2.24, 2.45) is 5.41 Å². The Morgan fingerprint density at radius 3 is 2.84 bits per heavy atom. The molecule has 3 heterocycles. The SMILES string of the molecule is COc1cccc(CN2CC[C@@]3(CCN(C4CCOCC4)C3)C2=O)c1. The Morgan fingerprint density at radius 2 is 2.04 bits per heavy atom. The number of nitrogens with zero attached hydrogens (tertiary/aromatic N) is 2. The molecule has 1 aromatic rings. The predicted molar refractivity (Wildman–Crippen MR) is 95.5 cm³/mol. The van der Waals surface area contributed by atoms with Gasteiger partial charge in [0.05, 0.1) is 12.5 Å². The Kier molecular flexibility index (Phi) is 4.69. The molecule has 5 nitrogen and oxygen atoms in total. The Balaban J connectivity index is 1.41. The van der Waals surface area contributed by atoms with Crippen LogP contribution in [0.3, 0.4) is 0 Å². The van der Waals surface area contributed by atoms with Gasteiger partial charge in [-0.25, -0.2) is 0 Å². The lowest BCUT2D eigenvalue weighted by molar-refractivity contribution is -0.136. The van der Waals surface area contributed by atoms with Gasteiger partial charge in [-0.1, -0.05) is 12.1 Å². The second kappa shape index (κ2) is 6.96. The molecule has 5 heteroatoms. The van der Waals surface area contributed by atoms with Gasteiger partial charge in [-0.15, -0.1) is 0 Å². The Bertz CT molecular complexity index is 629. The van der Waals surface area contributed by atoms with Crippen molar-refractivity contribution >= 4 is 5.91 Å². The van der Waals surface area contributed by atoms with E-state index in [-0.39, 0.29) is 5.41 Å². The van der Waals surface area contributed by atoms with Crippen molar-refractivity contribution in [3.05, 3.63) is 29.8 Å². The number of carbonyl (C=O) groups is 1. The first kappa shape index (κ1) is 16.9. The molecular formula is C20H28N2O3. The van der Waals surface area contributed by atoms with Gasteiger partial charge >= 0.3 is 0 Å². The zero-order valence-corrected chi connectivity index (χ0v) is 15.1. The number of amides is 1. The molecule has 3 aliphatic heterocycles. The third-order valence-electron chi connectivity index (χ3n) is 6.20. The maximum absolute atomic E-state index is 13.2. The van der Waals surface area contributed by atoms with Gasteiger partial charge in [0, 0.05) is 38.9 Å². The lowest BCUT2D eigenvalue weighted by Crippen LogP contribution is -2.41. The van der Waals surface area contributed by atoms with E-state index in [2.05, 4.69) is 11.0 Å². The fourth-order valence-electron chi connectivity index (χ4n) is 4.68. The van der Waals surface area contributed by atoms with Crippen LogP contribution in [0.4, 0.5) is 0 Å². The third kappa shape index (κ3) is 3.27. The van der Waals surface area contributed by atoms with Gasteiger partial charge in [0.2, 0.25) is 5.91 Å². The molecule has 3 saturated heterocycles. The summed E-state index contributed by atoms with van der Waals surface area (Å²) in [5.41, 5.74) is 1.00. The van der Waals surface area contributed by atoms with Gasteiger partial charge in [-0.05, 0) is 49.9 Å². The molecular weight excluding hydrogens is 316 g/mol. The molecule has 136 valence electrons. The van der Waals surface area contributed by atoms with Crippen molar-refractivity contribution in [3.63, 3.8) is 0 Å². The number of benzene rings is 1. The van der Waals surface area contributed by atoms with Crippen LogP contribution in [0.1, 0.15) is 31.2 Å². The van der Waals surface area contributed by atoms with Crippen molar-refractivity contribution in [2.75, 3.05) is 40.0 Å². The van der Waals surface area contributed by atoms with Crippen molar-refractivity contribution in [3.8, 4) is 5.75 Å². The van der Waals surface area contributed by atoms with E-state index in [1.165, 1.54) is 0 Å². The molecule has 1 atom stereocenters. The minimum Gasteiger partial charge on any atom is -0.497 e. The largest absolute Gasteiger partial charge is 0.497 e. The summed E-state index contributed by atoms with van der Waals surface area (Å²) < 4.78 is 10.8. The summed E-state index contributed by atoms with van der Waals surface area (Å²) in [5, 5.41) is 0. The van der Waals surface area contributed by atoms with Crippen LogP contribution in [-0.4, -0.2) is 61.7 Å². The van der Waals surface area contributed by atoms with Crippen LogP contribution < -0.4 is 4.74 Å². The Labute approximate surface area is 149 Å². The van der Waals surface area contributed by atoms with E-state index < -0.39 is 0 Å². The molecule has 3 aliphatic rings. The summed E-state index contributed by atoms with van der Waals surface area (Å²) in [6.45, 7) is 5.29. The number of carbonyl (C=O) groups excluding carboxylic acids is 1. The smallest absolute Gasteiger partial charge is 0.230 e. The van der Waals surface area contributed by atoms with Gasteiger partial charge < -0.3 is 14.4 Å². The van der Waals surface area contributed by atoms with E-state index in [1.807, 2.05) is 23.1 Å². The molecule has 3 fully saturated rings. The first-order valence-corrected chi connectivity index (χ1v) is 9.44. The lowest BCUT2D eigenvalue weighted by Gasteiger charge is -2.32. The van der Waals surface area contributed by atoms with Gasteiger partial charge in [0.1, 0.15) is 5.75 Å². The topological polar surface area (TPSA) is 42.0 Å². The molecule has 0 saturated carbocycles. The van der Waals surface area contributed by atoms with Crippen LogP contribution in [0.2, 0.25) is 0 Å². The standard InChI is InChI=1S/C20H28N2O3/c1-24-18-4-2-3-16(13-18)14-21-9-7-20(19(21)23)8-10-22(15-20)17-5-11-25-12-6-17/h2-4,13,17H,5-12,14-15H2,1H3/t20-/m0/s1. The van der Waals surface area contributed by atoms with E-state index in [0.717, 1.165) is 69.8 Å². The number of ether oxygens (including phenoxy) is 2. The number of rotatable bonds is 4. The maximum atomic E-state index is 13.2. The second-order valence-electron chi connectivity index (χ2n) is 7.67. The second-order valence-corrected chi connectivity index (χ2v) is 7.67. The highest BCUT2D eigenvalue weighted by Gasteiger charge is 2.51. The van der Waals surface area contributed by atoms with Gasteiger partial charge in [0.15, 0.2) is 0 Å². The molecule has 0 aliphatic carbocycles. The fourth-order valence-corrected chi connectivity index (χ4v) is 4.68. The van der Waals surface area contributed by atoms with Crippen LogP contribution in [0.15, 0.2) is 24.3 Å². The molecule has 0 unspecified atom stereocenters. The average molecular weight is 344 g/mol. The number of likely N-dealkylation sites (tertiary alicyclic amines) is 2. The Morgan fingerprint density at radius 1 is 1.24 bits per heavy atom. The number of methoxy groups -OCH3 is 1. The fraction of sp³-hybridized carbons (Fsp3) is 0.650. The van der Waals surface area contributed by atoms with E-state index in [4.69, 9.17) is 9.47 Å². The molecule has 0 radical (unpaired) electrons. The summed E-state index contributed by atoms with van der Waals surface area (Å²) in [5.74, 6) is 1.20. The number of hydrogen-bond donors (Lipinski definition) is 0. The first-order chi connectivity index (χ1) is 12.2. The summed E-state index contributed by atoms with van der Waals surface area (Å²) in [6.07, 6.45) is 4.23. The van der Waals surface area contributed by atoms with Crippen LogP contribution in [0.25, 0.3) is 0 Å². The van der Waals surface area contributed by atoms with E-state index in [9.17, 15) is 4.79 Å². The quantitative estimate of drug-likeness (QED) is 0.840. The van der Waals surface area contributed by atoms with Crippen LogP contribution in [0.5, 0.6) is 5.75 Å². The number of hydrogen-bond acceptors (Lipinski definition) is 4. The molecule has 1 aromatic carbocycles. The highest BCUT2D eigenvalue weighted by Crippen LogP contribution is 2.42. The summed E-state index contributed by atoms with van der Waals surface area (Å²) >= 11 is 0. The van der Waals surface area contributed by atoms with Gasteiger partial charge in [-0.3, -0.25) is 9.69 Å². The molecule has 4 rings (SSSR count). The average Bonchev–Trinajstić information content (AvgIpc) is 3.23. The zero-order valence-electron chi connectivity index (χ0n) is 15.1. The van der Waals surface area contributed by atoms with E-state index >= 15 is 0 Å². The summed E-state index contributed by atoms with van der Waals surface area (Å²) in [6, 6.07) is 8.64. The molecule has 25 heavy (non-hydrogen) atoms. The molecule has 1 amide bonds. The highest BCUT2D eigenvalue weighted by atomic mass is 16.5. The van der Waals surface area contributed by atoms with Gasteiger partial charge in [-0.2, -0.15) is 0 Å². The first-order valence-electron chi connectivity index (χ1n) is 9.44. The maximum Gasteiger partial charge on any atom is 0.230 e. The third-order valence-corrected chi connectivity index (χ3v) is 6.20. The Hall–Kier alpha value is -1.59. The summed E-state index contributed by atoms with van der Waals surface area (Å²) in [4.78, 5) is 17.8. The lowest BCUT2D eigenvalue weighted by atomic mass is 9.85. The van der Waals surface area contributed by atoms with E-state index in [0.29, 0.717) is 18.5 Å². The normalized spacial score (nSPS) is 28.2. The van der Waals surface area contributed by atoms with Crippen molar-refractivity contribution in [1.82, 2.24) is 9.80 Å². The molecule has 1 spiro atoms. The molecule has 0 N–H and O–H groups in total. The van der Waals surface area contributed by atoms with Crippen LogP contribution >= 0.6 is 0 Å². The van der Waals surface area contributed by atoms with Crippen molar-refractivity contribution in [2.45, 2.75) is 38.3 Å². The van der Waals surface area contributed by atoms with Crippen molar-refractivity contribution in [1.29, 1.82) is 0 Å². The minimum atomic E-state index is -0.142. The van der Waals surface area contributed by atoms with Crippen LogP contribution in [-0.2, 0) is 16.1 Å². The molecule has 0 bridgehead atoms. The van der Waals surface area contributed by atoms with Crippen LogP contribution in [0, 0.1) is 5.41 Å². The highest BCUT2D eigenvalue weighted by molar-refractivity contribution is 5.85. The zero-order chi connectivity index (χ0) is 17.3. The summed E-state index contributed by atoms with van der Waals surface area (Å²) in [7, 11) is 1.68. The minimum absolute atomic E-state index is 0.142. The monoisotopic (exact) mass is 344 g/mol. The van der Waals surface area contributed by atoms with Crippen molar-refractivity contribution < 1.29 is 14.3 Å². The van der Waals surface area contributed by atoms with Gasteiger partial charge in [0.25, 0.3) is 0 Å². The van der Waals surface area contributed by atoms with E-state index in [1.54, 1.807) is 7.11 Å².